The molecule has 0 bridgehead atoms. The molecular weight excluding hydrogens is 332 g/mol. The molecule has 2 aliphatic heterocycles. The van der Waals surface area contributed by atoms with Gasteiger partial charge in [0, 0.05) is 13.0 Å². The third-order valence-corrected chi connectivity index (χ3v) is 5.09. The van der Waals surface area contributed by atoms with Crippen LogP contribution in [-0.4, -0.2) is 44.3 Å². The molecule has 8 nitrogen and oxygen atoms in total. The summed E-state index contributed by atoms with van der Waals surface area (Å²) in [6, 6.07) is 5.01. The molecule has 1 aromatic carbocycles. The minimum atomic E-state index is -3.81. The number of fused-ring (bicyclic) bond motifs is 1. The standard InChI is InChI=1S/C15H20N4O4S/c1-2-13(20)19-8-4-5-10(19)9-23-12-7-3-6-11-14(12)15(16)18-24(21,22)17-11/h3,6-7,10,17H,2,4-5,8-9H2,1H3,(H2,16,18)/t10-/m1/s1. The van der Waals surface area contributed by atoms with Crippen LogP contribution in [0.25, 0.3) is 0 Å². The van der Waals surface area contributed by atoms with E-state index in [2.05, 4.69) is 9.12 Å². The topological polar surface area (TPSA) is 114 Å². The lowest BCUT2D eigenvalue weighted by molar-refractivity contribution is -0.132. The number of hydrogen-bond donors (Lipinski definition) is 2. The van der Waals surface area contributed by atoms with E-state index in [1.807, 2.05) is 11.8 Å². The molecule has 0 radical (unpaired) electrons. The maximum atomic E-state index is 11.9. The number of carbonyl (C=O) groups is 1. The van der Waals surface area contributed by atoms with Gasteiger partial charge in [0.2, 0.25) is 5.91 Å². The van der Waals surface area contributed by atoms with Crippen molar-refractivity contribution < 1.29 is 17.9 Å². The summed E-state index contributed by atoms with van der Waals surface area (Å²) >= 11 is 0. The maximum Gasteiger partial charge on any atom is 0.344 e. The van der Waals surface area contributed by atoms with Crippen LogP contribution in [0.15, 0.2) is 22.6 Å². The predicted octanol–water partition coefficient (Wildman–Crippen LogP) is 0.842. The fraction of sp³-hybridized carbons (Fsp3) is 0.467. The second kappa shape index (κ2) is 6.31. The van der Waals surface area contributed by atoms with Crippen LogP contribution in [0.1, 0.15) is 31.7 Å². The molecule has 24 heavy (non-hydrogen) atoms. The summed E-state index contributed by atoms with van der Waals surface area (Å²) in [4.78, 5) is 13.8. The van der Waals surface area contributed by atoms with E-state index in [0.29, 0.717) is 30.0 Å². The summed E-state index contributed by atoms with van der Waals surface area (Å²) in [6.07, 6.45) is 2.31. The molecule has 2 heterocycles. The van der Waals surface area contributed by atoms with Gasteiger partial charge in [-0.05, 0) is 25.0 Å². The largest absolute Gasteiger partial charge is 0.491 e. The van der Waals surface area contributed by atoms with Crippen LogP contribution in [0.3, 0.4) is 0 Å². The molecule has 1 amide bonds. The number of rotatable bonds is 4. The Bertz CT molecular complexity index is 791. The van der Waals surface area contributed by atoms with Gasteiger partial charge >= 0.3 is 10.2 Å². The van der Waals surface area contributed by atoms with Gasteiger partial charge in [0.15, 0.2) is 5.84 Å². The Kier molecular flexibility index (Phi) is 4.35. The molecule has 3 N–H and O–H groups in total. The van der Waals surface area contributed by atoms with Crippen molar-refractivity contribution in [1.29, 1.82) is 0 Å². The maximum absolute atomic E-state index is 11.9. The average molecular weight is 352 g/mol. The smallest absolute Gasteiger partial charge is 0.344 e. The van der Waals surface area contributed by atoms with Crippen LogP contribution in [-0.2, 0) is 15.0 Å². The Morgan fingerprint density at radius 3 is 3.04 bits per heavy atom. The fourth-order valence-electron chi connectivity index (χ4n) is 3.06. The second-order valence-electron chi connectivity index (χ2n) is 5.78. The highest BCUT2D eigenvalue weighted by molar-refractivity contribution is 7.91. The van der Waals surface area contributed by atoms with E-state index in [9.17, 15) is 13.2 Å². The van der Waals surface area contributed by atoms with Gasteiger partial charge in [-0.1, -0.05) is 13.0 Å². The van der Waals surface area contributed by atoms with Crippen molar-refractivity contribution in [3.05, 3.63) is 23.8 Å². The van der Waals surface area contributed by atoms with E-state index >= 15 is 0 Å². The summed E-state index contributed by atoms with van der Waals surface area (Å²) in [6.45, 7) is 2.93. The van der Waals surface area contributed by atoms with Crippen molar-refractivity contribution >= 4 is 27.6 Å². The van der Waals surface area contributed by atoms with Gasteiger partial charge in [0.05, 0.1) is 17.3 Å². The number of likely N-dealkylation sites (tertiary alicyclic amines) is 1. The van der Waals surface area contributed by atoms with E-state index in [4.69, 9.17) is 10.5 Å². The first-order valence-corrected chi connectivity index (χ1v) is 9.29. The number of benzene rings is 1. The third-order valence-electron chi connectivity index (χ3n) is 4.17. The minimum absolute atomic E-state index is 0.0201. The molecule has 130 valence electrons. The van der Waals surface area contributed by atoms with Crippen LogP contribution >= 0.6 is 0 Å². The summed E-state index contributed by atoms with van der Waals surface area (Å²) in [7, 11) is -3.81. The highest BCUT2D eigenvalue weighted by Gasteiger charge is 2.29. The number of nitrogens with two attached hydrogens (primary N) is 1. The zero-order valence-corrected chi connectivity index (χ0v) is 14.2. The summed E-state index contributed by atoms with van der Waals surface area (Å²) in [5, 5.41) is 0. The van der Waals surface area contributed by atoms with Gasteiger partial charge in [0.25, 0.3) is 0 Å². The predicted molar refractivity (Wildman–Crippen MR) is 90.2 cm³/mol. The van der Waals surface area contributed by atoms with Crippen molar-refractivity contribution in [2.75, 3.05) is 17.9 Å². The Balaban J connectivity index is 1.79. The minimum Gasteiger partial charge on any atom is -0.491 e. The first kappa shape index (κ1) is 16.6. The highest BCUT2D eigenvalue weighted by atomic mass is 32.2. The van der Waals surface area contributed by atoms with Gasteiger partial charge in [-0.15, -0.1) is 4.40 Å². The third kappa shape index (κ3) is 3.16. The normalized spacial score (nSPS) is 21.6. The monoisotopic (exact) mass is 352 g/mol. The van der Waals surface area contributed by atoms with Crippen molar-refractivity contribution in [2.24, 2.45) is 10.1 Å². The molecule has 2 aliphatic rings. The quantitative estimate of drug-likeness (QED) is 0.833. The Morgan fingerprint density at radius 2 is 2.29 bits per heavy atom. The lowest BCUT2D eigenvalue weighted by atomic mass is 10.1. The van der Waals surface area contributed by atoms with Gasteiger partial charge in [-0.2, -0.15) is 8.42 Å². The van der Waals surface area contributed by atoms with E-state index < -0.39 is 10.2 Å². The first-order valence-electron chi connectivity index (χ1n) is 7.85. The van der Waals surface area contributed by atoms with Gasteiger partial charge in [-0.25, -0.2) is 0 Å². The molecule has 3 rings (SSSR count). The summed E-state index contributed by atoms with van der Waals surface area (Å²) in [5.41, 5.74) is 6.56. The van der Waals surface area contributed by atoms with Crippen LogP contribution in [0.2, 0.25) is 0 Å². The Morgan fingerprint density at radius 1 is 1.50 bits per heavy atom. The van der Waals surface area contributed by atoms with Crippen molar-refractivity contribution in [3.63, 3.8) is 0 Å². The SMILES string of the molecule is CCC(=O)N1CCC[C@@H]1COc1cccc2c1C(N)=NS(=O)(=O)N2. The molecule has 1 atom stereocenters. The lowest BCUT2D eigenvalue weighted by Gasteiger charge is -2.25. The number of anilines is 1. The van der Waals surface area contributed by atoms with Crippen molar-refractivity contribution in [2.45, 2.75) is 32.2 Å². The van der Waals surface area contributed by atoms with Crippen molar-refractivity contribution in [1.82, 2.24) is 4.90 Å². The van der Waals surface area contributed by atoms with E-state index in [-0.39, 0.29) is 17.8 Å². The first-order chi connectivity index (χ1) is 11.4. The van der Waals surface area contributed by atoms with Crippen LogP contribution < -0.4 is 15.2 Å². The molecule has 1 saturated heterocycles. The highest BCUT2D eigenvalue weighted by Crippen LogP contribution is 2.31. The Hall–Kier alpha value is -2.29. The average Bonchev–Trinajstić information content (AvgIpc) is 2.99. The number of amidine groups is 1. The zero-order valence-electron chi connectivity index (χ0n) is 13.4. The molecule has 0 aliphatic carbocycles. The van der Waals surface area contributed by atoms with E-state index in [1.165, 1.54) is 0 Å². The molecule has 1 aromatic rings. The van der Waals surface area contributed by atoms with Gasteiger partial charge in [-0.3, -0.25) is 9.52 Å². The van der Waals surface area contributed by atoms with Gasteiger partial charge in [0.1, 0.15) is 12.4 Å². The number of carbonyl (C=O) groups excluding carboxylic acids is 1. The van der Waals surface area contributed by atoms with Crippen LogP contribution in [0.4, 0.5) is 5.69 Å². The molecule has 0 saturated carbocycles. The molecular formula is C15H20N4O4S. The molecule has 0 spiro atoms. The number of amides is 1. The second-order valence-corrected chi connectivity index (χ2v) is 7.12. The Labute approximate surface area is 140 Å². The number of ether oxygens (including phenoxy) is 1. The molecule has 0 aromatic heterocycles. The molecule has 0 unspecified atom stereocenters. The van der Waals surface area contributed by atoms with Gasteiger partial charge < -0.3 is 15.4 Å². The number of nitrogens with one attached hydrogen (secondary N) is 1. The number of nitrogens with zero attached hydrogens (tertiary/aromatic N) is 2. The fourth-order valence-corrected chi connectivity index (χ4v) is 3.91. The van der Waals surface area contributed by atoms with Crippen molar-refractivity contribution in [3.8, 4) is 5.75 Å². The zero-order chi connectivity index (χ0) is 17.3. The van der Waals surface area contributed by atoms with E-state index in [0.717, 1.165) is 19.4 Å². The molecule has 1 fully saturated rings. The summed E-state index contributed by atoms with van der Waals surface area (Å²) < 4.78 is 34.8. The van der Waals surface area contributed by atoms with E-state index in [1.54, 1.807) is 18.2 Å². The number of hydrogen-bond acceptors (Lipinski definition) is 5. The van der Waals surface area contributed by atoms with Crippen LogP contribution in [0, 0.1) is 0 Å². The summed E-state index contributed by atoms with van der Waals surface area (Å²) in [5.74, 6) is 0.462. The lowest BCUT2D eigenvalue weighted by Crippen LogP contribution is -2.38. The molecule has 9 heteroatoms. The van der Waals surface area contributed by atoms with Crippen LogP contribution in [0.5, 0.6) is 5.75 Å².